The highest BCUT2D eigenvalue weighted by Crippen LogP contribution is 2.09. The first kappa shape index (κ1) is 12.9. The molecule has 0 saturated heterocycles. The van der Waals surface area contributed by atoms with Crippen LogP contribution in [0.3, 0.4) is 0 Å². The number of carbonyl (C=O) groups excluding carboxylic acids is 1. The molecule has 0 spiro atoms. The van der Waals surface area contributed by atoms with Gasteiger partial charge in [0, 0.05) is 27.1 Å². The van der Waals surface area contributed by atoms with Crippen molar-refractivity contribution in [2.45, 2.75) is 6.42 Å². The van der Waals surface area contributed by atoms with Crippen LogP contribution in [-0.4, -0.2) is 48.6 Å². The minimum atomic E-state index is -0.0487. The highest BCUT2D eigenvalue weighted by atomic mass is 16.5. The molecule has 3 N–H and O–H groups in total. The molecule has 17 heavy (non-hydrogen) atoms. The molecule has 0 unspecified atom stereocenters. The molecule has 0 atom stereocenters. The van der Waals surface area contributed by atoms with Crippen LogP contribution in [-0.2, 0) is 4.79 Å². The van der Waals surface area contributed by atoms with Crippen molar-refractivity contribution in [3.05, 3.63) is 0 Å². The summed E-state index contributed by atoms with van der Waals surface area (Å²) in [4.78, 5) is 23.0. The van der Waals surface area contributed by atoms with Crippen LogP contribution in [0.1, 0.15) is 6.42 Å². The highest BCUT2D eigenvalue weighted by molar-refractivity contribution is 5.75. The third-order valence-corrected chi connectivity index (χ3v) is 1.94. The second kappa shape index (κ2) is 6.46. The summed E-state index contributed by atoms with van der Waals surface area (Å²) in [6.45, 7) is 0.440. The summed E-state index contributed by atoms with van der Waals surface area (Å²) in [5, 5.41) is 8.23. The Kier molecular flexibility index (Phi) is 4.92. The van der Waals surface area contributed by atoms with E-state index in [1.165, 1.54) is 7.11 Å². The molecule has 8 heteroatoms. The van der Waals surface area contributed by atoms with Gasteiger partial charge in [0.15, 0.2) is 0 Å². The zero-order valence-corrected chi connectivity index (χ0v) is 10.1. The Morgan fingerprint density at radius 2 is 1.94 bits per heavy atom. The lowest BCUT2D eigenvalue weighted by molar-refractivity contribution is -0.120. The summed E-state index contributed by atoms with van der Waals surface area (Å²) in [7, 11) is 4.76. The molecule has 0 radical (unpaired) electrons. The molecule has 1 aromatic heterocycles. The smallest absolute Gasteiger partial charge is 0.322 e. The molecule has 0 aromatic carbocycles. The van der Waals surface area contributed by atoms with E-state index in [2.05, 4.69) is 30.9 Å². The number of nitrogens with zero attached hydrogens (tertiary/aromatic N) is 3. The van der Waals surface area contributed by atoms with Gasteiger partial charge in [0.1, 0.15) is 0 Å². The van der Waals surface area contributed by atoms with Gasteiger partial charge < -0.3 is 20.7 Å². The van der Waals surface area contributed by atoms with E-state index in [9.17, 15) is 4.79 Å². The lowest BCUT2D eigenvalue weighted by Gasteiger charge is -2.07. The quantitative estimate of drug-likeness (QED) is 0.614. The molecule has 1 aromatic rings. The number of methoxy groups -OCH3 is 1. The standard InChI is InChI=1S/C9H16N6O2/c1-10-6(16)4-5-12-8-13-7(11-2)14-9(15-8)17-3/h4-5H2,1-3H3,(H,10,16)(H2,11,12,13,14,15). The zero-order chi connectivity index (χ0) is 12.7. The van der Waals surface area contributed by atoms with Crippen molar-refractivity contribution in [3.8, 4) is 6.01 Å². The highest BCUT2D eigenvalue weighted by Gasteiger charge is 2.05. The molecule has 1 heterocycles. The normalized spacial score (nSPS) is 9.59. The van der Waals surface area contributed by atoms with Crippen molar-refractivity contribution in [2.75, 3.05) is 38.4 Å². The molecule has 0 saturated carbocycles. The number of aromatic nitrogens is 3. The Hall–Kier alpha value is -2.12. The fraction of sp³-hybridized carbons (Fsp3) is 0.556. The van der Waals surface area contributed by atoms with Gasteiger partial charge in [-0.15, -0.1) is 0 Å². The third kappa shape index (κ3) is 4.09. The summed E-state index contributed by atoms with van der Waals surface area (Å²) in [5.74, 6) is 0.719. The van der Waals surface area contributed by atoms with Gasteiger partial charge in [0.2, 0.25) is 17.8 Å². The number of hydrogen-bond donors (Lipinski definition) is 3. The minimum absolute atomic E-state index is 0.0487. The Bertz CT molecular complexity index is 361. The van der Waals surface area contributed by atoms with Crippen LogP contribution in [0.2, 0.25) is 0 Å². The van der Waals surface area contributed by atoms with Gasteiger partial charge in [-0.05, 0) is 0 Å². The third-order valence-electron chi connectivity index (χ3n) is 1.94. The van der Waals surface area contributed by atoms with Crippen molar-refractivity contribution >= 4 is 17.8 Å². The number of ether oxygens (including phenoxy) is 1. The van der Waals surface area contributed by atoms with Gasteiger partial charge in [-0.3, -0.25) is 4.79 Å². The van der Waals surface area contributed by atoms with Crippen molar-refractivity contribution in [2.24, 2.45) is 0 Å². The van der Waals surface area contributed by atoms with Gasteiger partial charge >= 0.3 is 6.01 Å². The second-order valence-corrected chi connectivity index (χ2v) is 3.07. The summed E-state index contributed by atoms with van der Waals surface area (Å²) >= 11 is 0. The van der Waals surface area contributed by atoms with Gasteiger partial charge in [0.05, 0.1) is 7.11 Å². The van der Waals surface area contributed by atoms with E-state index in [1.54, 1.807) is 14.1 Å². The molecule has 0 aliphatic heterocycles. The maximum Gasteiger partial charge on any atom is 0.322 e. The summed E-state index contributed by atoms with van der Waals surface area (Å²) in [6.07, 6.45) is 0.347. The molecule has 94 valence electrons. The topological polar surface area (TPSA) is 101 Å². The molecule has 0 aliphatic rings. The summed E-state index contributed by atoms with van der Waals surface area (Å²) < 4.78 is 4.92. The van der Waals surface area contributed by atoms with E-state index < -0.39 is 0 Å². The van der Waals surface area contributed by atoms with Crippen LogP contribution in [0.25, 0.3) is 0 Å². The van der Waals surface area contributed by atoms with E-state index in [4.69, 9.17) is 4.74 Å². The van der Waals surface area contributed by atoms with Crippen molar-refractivity contribution < 1.29 is 9.53 Å². The average molecular weight is 240 g/mol. The van der Waals surface area contributed by atoms with Crippen LogP contribution < -0.4 is 20.7 Å². The first-order valence-corrected chi connectivity index (χ1v) is 5.12. The summed E-state index contributed by atoms with van der Waals surface area (Å²) in [6, 6.07) is 0.215. The van der Waals surface area contributed by atoms with E-state index in [1.807, 2.05) is 0 Å². The maximum atomic E-state index is 11.0. The van der Waals surface area contributed by atoms with Crippen molar-refractivity contribution in [1.82, 2.24) is 20.3 Å². The number of nitrogens with one attached hydrogen (secondary N) is 3. The van der Waals surface area contributed by atoms with Gasteiger partial charge in [-0.25, -0.2) is 0 Å². The second-order valence-electron chi connectivity index (χ2n) is 3.07. The van der Waals surface area contributed by atoms with Crippen molar-refractivity contribution in [3.63, 3.8) is 0 Å². The Labute approximate surface area is 99.2 Å². The zero-order valence-electron chi connectivity index (χ0n) is 10.1. The van der Waals surface area contributed by atoms with Gasteiger partial charge in [-0.1, -0.05) is 0 Å². The van der Waals surface area contributed by atoms with E-state index in [-0.39, 0.29) is 11.9 Å². The molecule has 8 nitrogen and oxygen atoms in total. The van der Waals surface area contributed by atoms with Gasteiger partial charge in [-0.2, -0.15) is 15.0 Å². The number of anilines is 2. The molecule has 0 aliphatic carbocycles. The number of rotatable bonds is 6. The van der Waals surface area contributed by atoms with Crippen LogP contribution in [0, 0.1) is 0 Å². The first-order chi connectivity index (χ1) is 8.19. The first-order valence-electron chi connectivity index (χ1n) is 5.12. The molecule has 0 bridgehead atoms. The Morgan fingerprint density at radius 3 is 2.53 bits per heavy atom. The number of amides is 1. The lowest BCUT2D eigenvalue weighted by atomic mass is 10.4. The van der Waals surface area contributed by atoms with Crippen molar-refractivity contribution in [1.29, 1.82) is 0 Å². The minimum Gasteiger partial charge on any atom is -0.467 e. The van der Waals surface area contributed by atoms with Crippen LogP contribution in [0.15, 0.2) is 0 Å². The van der Waals surface area contributed by atoms with Gasteiger partial charge in [0.25, 0.3) is 0 Å². The SMILES string of the molecule is CNC(=O)CCNc1nc(NC)nc(OC)n1. The predicted molar refractivity (Wildman–Crippen MR) is 63.1 cm³/mol. The lowest BCUT2D eigenvalue weighted by Crippen LogP contribution is -2.21. The fourth-order valence-corrected chi connectivity index (χ4v) is 1.05. The monoisotopic (exact) mass is 240 g/mol. The largest absolute Gasteiger partial charge is 0.467 e. The molecule has 0 fully saturated rings. The molecular weight excluding hydrogens is 224 g/mol. The summed E-state index contributed by atoms with van der Waals surface area (Å²) in [5.41, 5.74) is 0. The fourth-order valence-electron chi connectivity index (χ4n) is 1.05. The average Bonchev–Trinajstić information content (AvgIpc) is 2.37. The Morgan fingerprint density at radius 1 is 1.24 bits per heavy atom. The van der Waals surface area contributed by atoms with E-state index >= 15 is 0 Å². The molecule has 1 rings (SSSR count). The number of hydrogen-bond acceptors (Lipinski definition) is 7. The number of carbonyl (C=O) groups is 1. The van der Waals surface area contributed by atoms with Crippen LogP contribution >= 0.6 is 0 Å². The maximum absolute atomic E-state index is 11.0. The molecule has 1 amide bonds. The predicted octanol–water partition coefficient (Wildman–Crippen LogP) is -0.530. The Balaban J connectivity index is 2.60. The molecular formula is C9H16N6O2. The van der Waals surface area contributed by atoms with Crippen LogP contribution in [0.4, 0.5) is 11.9 Å². The van der Waals surface area contributed by atoms with E-state index in [0.717, 1.165) is 0 Å². The van der Waals surface area contributed by atoms with Crippen LogP contribution in [0.5, 0.6) is 6.01 Å². The van der Waals surface area contributed by atoms with E-state index in [0.29, 0.717) is 24.9 Å².